The summed E-state index contributed by atoms with van der Waals surface area (Å²) in [6.07, 6.45) is 0. The van der Waals surface area contributed by atoms with Gasteiger partial charge in [-0.2, -0.15) is 5.26 Å². The average molecular weight is 265 g/mol. The average Bonchev–Trinajstić information content (AvgIpc) is 2.53. The van der Waals surface area contributed by atoms with Gasteiger partial charge in [0.15, 0.2) is 0 Å². The van der Waals surface area contributed by atoms with E-state index in [0.717, 1.165) is 5.69 Å². The molecule has 102 valence electrons. The van der Waals surface area contributed by atoms with Crippen LogP contribution in [0.25, 0.3) is 0 Å². The van der Waals surface area contributed by atoms with E-state index in [-0.39, 0.29) is 6.04 Å². The van der Waals surface area contributed by atoms with Crippen molar-refractivity contribution < 1.29 is 0 Å². The van der Waals surface area contributed by atoms with Crippen LogP contribution in [0.1, 0.15) is 24.1 Å². The van der Waals surface area contributed by atoms with Gasteiger partial charge in [0.25, 0.3) is 0 Å². The smallest absolute Gasteiger partial charge is 0.0991 e. The lowest BCUT2D eigenvalue weighted by Crippen LogP contribution is -2.18. The molecule has 0 fully saturated rings. The summed E-state index contributed by atoms with van der Waals surface area (Å²) in [6.45, 7) is 2.14. The van der Waals surface area contributed by atoms with E-state index in [1.165, 1.54) is 11.3 Å². The number of rotatable bonds is 4. The zero-order valence-electron chi connectivity index (χ0n) is 12.1. The maximum absolute atomic E-state index is 8.86. The lowest BCUT2D eigenvalue weighted by Gasteiger charge is -2.25. The second-order valence-electron chi connectivity index (χ2n) is 4.79. The molecule has 2 aromatic carbocycles. The van der Waals surface area contributed by atoms with Crippen molar-refractivity contribution in [3.8, 4) is 6.07 Å². The Morgan fingerprint density at radius 1 is 1.10 bits per heavy atom. The Labute approximate surface area is 120 Å². The summed E-state index contributed by atoms with van der Waals surface area (Å²) in [4.78, 5) is 2.14. The highest BCUT2D eigenvalue weighted by Gasteiger charge is 2.12. The zero-order chi connectivity index (χ0) is 14.5. The zero-order valence-corrected chi connectivity index (χ0v) is 12.1. The molecule has 0 amide bonds. The maximum Gasteiger partial charge on any atom is 0.0991 e. The number of para-hydroxylation sites is 1. The lowest BCUT2D eigenvalue weighted by molar-refractivity contribution is 0.652. The van der Waals surface area contributed by atoms with Crippen molar-refractivity contribution in [1.29, 1.82) is 5.26 Å². The summed E-state index contributed by atoms with van der Waals surface area (Å²) < 4.78 is 0. The molecule has 3 heteroatoms. The summed E-state index contributed by atoms with van der Waals surface area (Å²) in [7, 11) is 4.01. The van der Waals surface area contributed by atoms with Crippen molar-refractivity contribution >= 4 is 11.4 Å². The minimum Gasteiger partial charge on any atom is -0.344 e. The highest BCUT2D eigenvalue weighted by Crippen LogP contribution is 2.30. The van der Waals surface area contributed by atoms with Crippen LogP contribution in [-0.4, -0.2) is 14.1 Å². The summed E-state index contributed by atoms with van der Waals surface area (Å²) in [5.41, 5.74) is 4.17. The molecule has 3 nitrogen and oxygen atoms in total. The Hall–Kier alpha value is -2.31. The molecule has 0 bridgehead atoms. The number of anilines is 2. The standard InChI is InChI=1S/C17H19N3/c1-13(19-2)16-6-4-5-7-17(16)20(3)15-10-8-14(12-18)9-11-15/h4-11,13,19H,1-3H3. The van der Waals surface area contributed by atoms with Gasteiger partial charge in [-0.3, -0.25) is 0 Å². The minimum absolute atomic E-state index is 0.284. The van der Waals surface area contributed by atoms with E-state index in [4.69, 9.17) is 5.26 Å². The SMILES string of the molecule is CNC(C)c1ccccc1N(C)c1ccc(C#N)cc1. The first kappa shape index (κ1) is 14.1. The van der Waals surface area contributed by atoms with Gasteiger partial charge in [-0.1, -0.05) is 18.2 Å². The number of nitrogens with one attached hydrogen (secondary N) is 1. The van der Waals surface area contributed by atoms with Gasteiger partial charge in [0.2, 0.25) is 0 Å². The van der Waals surface area contributed by atoms with Crippen LogP contribution in [0.2, 0.25) is 0 Å². The number of hydrogen-bond donors (Lipinski definition) is 1. The molecule has 0 radical (unpaired) electrons. The Kier molecular flexibility index (Phi) is 4.39. The molecular formula is C17H19N3. The first-order valence-electron chi connectivity index (χ1n) is 6.67. The van der Waals surface area contributed by atoms with Crippen LogP contribution in [0.5, 0.6) is 0 Å². The first-order valence-corrected chi connectivity index (χ1v) is 6.67. The van der Waals surface area contributed by atoms with E-state index in [1.807, 2.05) is 44.4 Å². The molecule has 0 saturated carbocycles. The van der Waals surface area contributed by atoms with Crippen LogP contribution < -0.4 is 10.2 Å². The van der Waals surface area contributed by atoms with Crippen LogP contribution in [0.3, 0.4) is 0 Å². The number of nitriles is 1. The third kappa shape index (κ3) is 2.81. The first-order chi connectivity index (χ1) is 9.67. The lowest BCUT2D eigenvalue weighted by atomic mass is 10.0. The van der Waals surface area contributed by atoms with Gasteiger partial charge in [-0.25, -0.2) is 0 Å². The van der Waals surface area contributed by atoms with Crippen LogP contribution in [0, 0.1) is 11.3 Å². The van der Waals surface area contributed by atoms with Gasteiger partial charge in [-0.05, 0) is 49.9 Å². The molecule has 0 aromatic heterocycles. The Morgan fingerprint density at radius 3 is 2.35 bits per heavy atom. The summed E-state index contributed by atoms with van der Waals surface area (Å²) >= 11 is 0. The van der Waals surface area contributed by atoms with Crippen molar-refractivity contribution in [2.24, 2.45) is 0 Å². The molecule has 0 aliphatic carbocycles. The predicted octanol–water partition coefficient (Wildman–Crippen LogP) is 3.61. The van der Waals surface area contributed by atoms with Gasteiger partial charge >= 0.3 is 0 Å². The molecule has 2 aromatic rings. The molecule has 0 aliphatic rings. The number of hydrogen-bond acceptors (Lipinski definition) is 3. The van der Waals surface area contributed by atoms with Gasteiger partial charge < -0.3 is 10.2 Å². The fourth-order valence-electron chi connectivity index (χ4n) is 2.21. The second kappa shape index (κ2) is 6.23. The molecule has 1 N–H and O–H groups in total. The topological polar surface area (TPSA) is 39.1 Å². The van der Waals surface area contributed by atoms with Crippen molar-refractivity contribution in [3.05, 3.63) is 59.7 Å². The molecule has 0 aliphatic heterocycles. The van der Waals surface area contributed by atoms with Gasteiger partial charge in [0.1, 0.15) is 0 Å². The van der Waals surface area contributed by atoms with Crippen molar-refractivity contribution in [3.63, 3.8) is 0 Å². The molecule has 0 spiro atoms. The largest absolute Gasteiger partial charge is 0.344 e. The normalized spacial score (nSPS) is 11.7. The molecule has 2 rings (SSSR count). The molecular weight excluding hydrogens is 246 g/mol. The second-order valence-corrected chi connectivity index (χ2v) is 4.79. The monoisotopic (exact) mass is 265 g/mol. The fraction of sp³-hybridized carbons (Fsp3) is 0.235. The molecule has 1 unspecified atom stereocenters. The highest BCUT2D eigenvalue weighted by atomic mass is 15.1. The van der Waals surface area contributed by atoms with E-state index in [0.29, 0.717) is 5.56 Å². The molecule has 0 heterocycles. The van der Waals surface area contributed by atoms with Crippen LogP contribution in [0.4, 0.5) is 11.4 Å². The Balaban J connectivity index is 2.37. The molecule has 1 atom stereocenters. The predicted molar refractivity (Wildman–Crippen MR) is 83.1 cm³/mol. The summed E-state index contributed by atoms with van der Waals surface area (Å²) in [6, 6.07) is 18.4. The summed E-state index contributed by atoms with van der Waals surface area (Å²) in [5.74, 6) is 0. The third-order valence-electron chi connectivity index (χ3n) is 3.58. The van der Waals surface area contributed by atoms with Gasteiger partial charge in [0, 0.05) is 24.5 Å². The van der Waals surface area contributed by atoms with Crippen molar-refractivity contribution in [2.45, 2.75) is 13.0 Å². The molecule has 20 heavy (non-hydrogen) atoms. The number of nitrogens with zero attached hydrogens (tertiary/aromatic N) is 2. The fourth-order valence-corrected chi connectivity index (χ4v) is 2.21. The Bertz CT molecular complexity index is 611. The van der Waals surface area contributed by atoms with E-state index in [9.17, 15) is 0 Å². The maximum atomic E-state index is 8.86. The highest BCUT2D eigenvalue weighted by molar-refractivity contribution is 5.66. The van der Waals surface area contributed by atoms with Crippen LogP contribution in [0.15, 0.2) is 48.5 Å². The van der Waals surface area contributed by atoms with Crippen LogP contribution >= 0.6 is 0 Å². The van der Waals surface area contributed by atoms with E-state index >= 15 is 0 Å². The third-order valence-corrected chi connectivity index (χ3v) is 3.58. The van der Waals surface area contributed by atoms with E-state index in [2.05, 4.69) is 41.4 Å². The van der Waals surface area contributed by atoms with Gasteiger partial charge in [-0.15, -0.1) is 0 Å². The number of benzene rings is 2. The quantitative estimate of drug-likeness (QED) is 0.918. The summed E-state index contributed by atoms with van der Waals surface area (Å²) in [5, 5.41) is 12.1. The Morgan fingerprint density at radius 2 is 1.75 bits per heavy atom. The van der Waals surface area contributed by atoms with Gasteiger partial charge in [0.05, 0.1) is 11.6 Å². The van der Waals surface area contributed by atoms with E-state index in [1.54, 1.807) is 0 Å². The van der Waals surface area contributed by atoms with Crippen molar-refractivity contribution in [1.82, 2.24) is 5.32 Å². The van der Waals surface area contributed by atoms with E-state index < -0.39 is 0 Å². The van der Waals surface area contributed by atoms with Crippen molar-refractivity contribution in [2.75, 3.05) is 19.0 Å². The molecule has 0 saturated heterocycles. The minimum atomic E-state index is 0.284. The van der Waals surface area contributed by atoms with Crippen LogP contribution in [-0.2, 0) is 0 Å².